The van der Waals surface area contributed by atoms with E-state index in [4.69, 9.17) is 23.2 Å². The molecule has 128 valence electrons. The summed E-state index contributed by atoms with van der Waals surface area (Å²) in [5, 5.41) is 6.95. The van der Waals surface area contributed by atoms with E-state index in [1.807, 2.05) is 0 Å². The quantitative estimate of drug-likeness (QED) is 0.691. The summed E-state index contributed by atoms with van der Waals surface area (Å²) in [4.78, 5) is 28.7. The molecular formula is C17H13Cl2N3O2S. The molecule has 2 amide bonds. The van der Waals surface area contributed by atoms with Crippen molar-refractivity contribution in [1.29, 1.82) is 0 Å². The van der Waals surface area contributed by atoms with Crippen LogP contribution in [-0.2, 0) is 4.79 Å². The molecule has 3 aromatic rings. The fourth-order valence-corrected chi connectivity index (χ4v) is 3.38. The topological polar surface area (TPSA) is 71.1 Å². The van der Waals surface area contributed by atoms with Crippen molar-refractivity contribution < 1.29 is 9.59 Å². The van der Waals surface area contributed by atoms with Crippen LogP contribution >= 0.6 is 34.5 Å². The molecule has 3 rings (SSSR count). The summed E-state index contributed by atoms with van der Waals surface area (Å²) >= 11 is 13.1. The molecule has 1 aromatic heterocycles. The van der Waals surface area contributed by atoms with Crippen LogP contribution in [0.2, 0.25) is 10.0 Å². The number of rotatable bonds is 4. The minimum Gasteiger partial charge on any atom is -0.341 e. The van der Waals surface area contributed by atoms with Crippen LogP contribution in [0.3, 0.4) is 0 Å². The molecule has 0 bridgehead atoms. The second-order valence-electron chi connectivity index (χ2n) is 5.32. The first kappa shape index (κ1) is 17.7. The lowest BCUT2D eigenvalue weighted by Crippen LogP contribution is -2.41. The van der Waals surface area contributed by atoms with Crippen molar-refractivity contribution in [1.82, 2.24) is 10.3 Å². The fourth-order valence-electron chi connectivity index (χ4n) is 2.11. The van der Waals surface area contributed by atoms with Crippen LogP contribution in [0.1, 0.15) is 17.3 Å². The normalized spacial score (nSPS) is 12.0. The highest BCUT2D eigenvalue weighted by molar-refractivity contribution is 7.22. The first-order chi connectivity index (χ1) is 11.9. The van der Waals surface area contributed by atoms with Crippen molar-refractivity contribution in [3.05, 3.63) is 58.1 Å². The van der Waals surface area contributed by atoms with E-state index in [-0.39, 0.29) is 11.8 Å². The van der Waals surface area contributed by atoms with Gasteiger partial charge < -0.3 is 10.6 Å². The second-order valence-corrected chi connectivity index (χ2v) is 7.23. The van der Waals surface area contributed by atoms with Gasteiger partial charge in [-0.3, -0.25) is 9.59 Å². The van der Waals surface area contributed by atoms with Gasteiger partial charge in [0.1, 0.15) is 6.04 Å². The molecule has 0 unspecified atom stereocenters. The number of hydrogen-bond acceptors (Lipinski definition) is 4. The molecule has 2 aromatic carbocycles. The average Bonchev–Trinajstić information content (AvgIpc) is 2.96. The molecule has 0 aliphatic heterocycles. The molecule has 0 saturated heterocycles. The Morgan fingerprint density at radius 3 is 2.48 bits per heavy atom. The molecular weight excluding hydrogens is 381 g/mol. The number of thiazole rings is 1. The molecule has 0 aliphatic rings. The minimum atomic E-state index is -0.723. The van der Waals surface area contributed by atoms with Gasteiger partial charge in [-0.15, -0.1) is 0 Å². The molecule has 2 N–H and O–H groups in total. The number of aromatic nitrogens is 1. The number of fused-ring (bicyclic) bond motifs is 1. The molecule has 0 spiro atoms. The predicted octanol–water partition coefficient (Wildman–Crippen LogP) is 4.36. The number of anilines is 1. The largest absolute Gasteiger partial charge is 0.341 e. The number of halogens is 2. The molecule has 25 heavy (non-hydrogen) atoms. The van der Waals surface area contributed by atoms with E-state index < -0.39 is 6.04 Å². The summed E-state index contributed by atoms with van der Waals surface area (Å²) < 4.78 is 0.876. The Balaban J connectivity index is 1.65. The lowest BCUT2D eigenvalue weighted by Gasteiger charge is -2.13. The number of carbonyl (C=O) groups is 2. The first-order valence-electron chi connectivity index (χ1n) is 7.36. The van der Waals surface area contributed by atoms with Crippen LogP contribution < -0.4 is 10.6 Å². The number of benzene rings is 2. The van der Waals surface area contributed by atoms with Crippen LogP contribution in [0.25, 0.3) is 10.2 Å². The van der Waals surface area contributed by atoms with Crippen molar-refractivity contribution in [3.63, 3.8) is 0 Å². The molecule has 0 aliphatic carbocycles. The van der Waals surface area contributed by atoms with Gasteiger partial charge in [0.15, 0.2) is 5.13 Å². The van der Waals surface area contributed by atoms with Gasteiger partial charge in [0.05, 0.1) is 10.2 Å². The number of amides is 2. The molecule has 1 heterocycles. The summed E-state index contributed by atoms with van der Waals surface area (Å²) in [6.07, 6.45) is 0. The lowest BCUT2D eigenvalue weighted by atomic mass is 10.2. The van der Waals surface area contributed by atoms with Gasteiger partial charge in [-0.1, -0.05) is 34.5 Å². The van der Waals surface area contributed by atoms with Gasteiger partial charge in [-0.25, -0.2) is 4.98 Å². The summed E-state index contributed by atoms with van der Waals surface area (Å²) in [7, 11) is 0. The summed E-state index contributed by atoms with van der Waals surface area (Å²) in [6, 6.07) is 11.0. The van der Waals surface area contributed by atoms with E-state index in [2.05, 4.69) is 15.6 Å². The SMILES string of the molecule is C[C@H](NC(=O)c1ccc(Cl)cc1)C(=O)Nc1nc2ccc(Cl)cc2s1. The van der Waals surface area contributed by atoms with E-state index in [1.54, 1.807) is 49.4 Å². The smallest absolute Gasteiger partial charge is 0.251 e. The highest BCUT2D eigenvalue weighted by Gasteiger charge is 2.18. The summed E-state index contributed by atoms with van der Waals surface area (Å²) in [6.45, 7) is 1.60. The van der Waals surface area contributed by atoms with E-state index in [9.17, 15) is 9.59 Å². The lowest BCUT2D eigenvalue weighted by molar-refractivity contribution is -0.117. The Morgan fingerprint density at radius 2 is 1.76 bits per heavy atom. The monoisotopic (exact) mass is 393 g/mol. The maximum absolute atomic E-state index is 12.3. The van der Waals surface area contributed by atoms with Gasteiger partial charge in [-0.2, -0.15) is 0 Å². The maximum Gasteiger partial charge on any atom is 0.251 e. The van der Waals surface area contributed by atoms with E-state index in [0.717, 1.165) is 10.2 Å². The van der Waals surface area contributed by atoms with Gasteiger partial charge in [0, 0.05) is 15.6 Å². The van der Waals surface area contributed by atoms with Crippen molar-refractivity contribution in [2.24, 2.45) is 0 Å². The minimum absolute atomic E-state index is 0.351. The Hall–Kier alpha value is -2.15. The Kier molecular flexibility index (Phi) is 5.22. The predicted molar refractivity (Wildman–Crippen MR) is 102 cm³/mol. The molecule has 0 radical (unpaired) electrons. The standard InChI is InChI=1S/C17H13Cl2N3O2S/c1-9(20-16(24)10-2-4-11(18)5-3-10)15(23)22-17-21-13-7-6-12(19)8-14(13)25-17/h2-9H,1H3,(H,20,24)(H,21,22,23)/t9-/m0/s1. The maximum atomic E-state index is 12.3. The average molecular weight is 394 g/mol. The van der Waals surface area contributed by atoms with E-state index in [0.29, 0.717) is 20.7 Å². The highest BCUT2D eigenvalue weighted by Crippen LogP contribution is 2.28. The zero-order valence-electron chi connectivity index (χ0n) is 13.0. The summed E-state index contributed by atoms with van der Waals surface area (Å²) in [5.41, 5.74) is 1.18. The van der Waals surface area contributed by atoms with Crippen LogP contribution in [-0.4, -0.2) is 22.8 Å². The zero-order chi connectivity index (χ0) is 18.0. The molecule has 0 saturated carbocycles. The van der Waals surface area contributed by atoms with Crippen LogP contribution in [0.5, 0.6) is 0 Å². The van der Waals surface area contributed by atoms with Gasteiger partial charge in [0.2, 0.25) is 5.91 Å². The number of nitrogens with one attached hydrogen (secondary N) is 2. The van der Waals surface area contributed by atoms with Crippen molar-refractivity contribution >= 4 is 61.7 Å². The second kappa shape index (κ2) is 7.39. The number of carbonyl (C=O) groups excluding carboxylic acids is 2. The third-order valence-corrected chi connectivity index (χ3v) is 4.85. The van der Waals surface area contributed by atoms with Gasteiger partial charge in [0.25, 0.3) is 5.91 Å². The van der Waals surface area contributed by atoms with Crippen molar-refractivity contribution in [2.45, 2.75) is 13.0 Å². The van der Waals surface area contributed by atoms with Crippen molar-refractivity contribution in [2.75, 3.05) is 5.32 Å². The molecule has 5 nitrogen and oxygen atoms in total. The first-order valence-corrected chi connectivity index (χ1v) is 8.93. The Morgan fingerprint density at radius 1 is 1.08 bits per heavy atom. The summed E-state index contributed by atoms with van der Waals surface area (Å²) in [5.74, 6) is -0.706. The van der Waals surface area contributed by atoms with E-state index >= 15 is 0 Å². The van der Waals surface area contributed by atoms with Crippen molar-refractivity contribution in [3.8, 4) is 0 Å². The van der Waals surface area contributed by atoms with Crippen LogP contribution in [0.4, 0.5) is 5.13 Å². The van der Waals surface area contributed by atoms with E-state index in [1.165, 1.54) is 11.3 Å². The van der Waals surface area contributed by atoms with Crippen LogP contribution in [0.15, 0.2) is 42.5 Å². The fraction of sp³-hybridized carbons (Fsp3) is 0.118. The highest BCUT2D eigenvalue weighted by atomic mass is 35.5. The van der Waals surface area contributed by atoms with Gasteiger partial charge >= 0.3 is 0 Å². The molecule has 0 fully saturated rings. The number of nitrogens with zero attached hydrogens (tertiary/aromatic N) is 1. The Labute approximate surface area is 158 Å². The van der Waals surface area contributed by atoms with Gasteiger partial charge in [-0.05, 0) is 49.4 Å². The Bertz CT molecular complexity index is 941. The third-order valence-electron chi connectivity index (χ3n) is 3.43. The molecule has 1 atom stereocenters. The van der Waals surface area contributed by atoms with Crippen LogP contribution in [0, 0.1) is 0 Å². The number of hydrogen-bond donors (Lipinski definition) is 2. The molecule has 8 heteroatoms. The zero-order valence-corrected chi connectivity index (χ0v) is 15.4. The third kappa shape index (κ3) is 4.28.